The van der Waals surface area contributed by atoms with Crippen molar-refractivity contribution in [1.82, 2.24) is 5.32 Å². The summed E-state index contributed by atoms with van der Waals surface area (Å²) in [5.74, 6) is 0.510. The Morgan fingerprint density at radius 3 is 2.58 bits per heavy atom. The number of hydrogen-bond donors (Lipinski definition) is 2. The van der Waals surface area contributed by atoms with Gasteiger partial charge in [-0.25, -0.2) is 0 Å². The van der Waals surface area contributed by atoms with Gasteiger partial charge in [0.05, 0.1) is 17.7 Å². The van der Waals surface area contributed by atoms with E-state index in [1.165, 1.54) is 18.4 Å². The van der Waals surface area contributed by atoms with E-state index in [-0.39, 0.29) is 18.0 Å². The van der Waals surface area contributed by atoms with Crippen LogP contribution in [0.2, 0.25) is 0 Å². The quantitative estimate of drug-likeness (QED) is 0.854. The molecule has 1 fully saturated rings. The third kappa shape index (κ3) is 4.01. The van der Waals surface area contributed by atoms with Crippen molar-refractivity contribution in [3.63, 3.8) is 0 Å². The first-order chi connectivity index (χ1) is 11.7. The number of amides is 1. The van der Waals surface area contributed by atoms with Gasteiger partial charge in [-0.1, -0.05) is 36.4 Å². The molecule has 0 saturated heterocycles. The predicted molar refractivity (Wildman–Crippen MR) is 94.3 cm³/mol. The van der Waals surface area contributed by atoms with Crippen molar-refractivity contribution in [2.24, 2.45) is 5.92 Å². The number of anilines is 1. The summed E-state index contributed by atoms with van der Waals surface area (Å²) in [5.41, 5.74) is 2.41. The van der Waals surface area contributed by atoms with Gasteiger partial charge in [0.2, 0.25) is 5.91 Å². The summed E-state index contributed by atoms with van der Waals surface area (Å²) in [6.07, 6.45) is 2.40. The predicted octanol–water partition coefficient (Wildman–Crippen LogP) is 3.63. The highest BCUT2D eigenvalue weighted by molar-refractivity contribution is 5.94. The van der Waals surface area contributed by atoms with Gasteiger partial charge in [0.25, 0.3) is 0 Å². The Hall–Kier alpha value is -2.64. The van der Waals surface area contributed by atoms with E-state index < -0.39 is 0 Å². The molecule has 0 radical (unpaired) electrons. The highest BCUT2D eigenvalue weighted by Gasteiger charge is 2.33. The molecule has 1 saturated carbocycles. The smallest absolute Gasteiger partial charge is 0.241 e. The fourth-order valence-corrected chi connectivity index (χ4v) is 2.86. The minimum atomic E-state index is -0.318. The van der Waals surface area contributed by atoms with Gasteiger partial charge in [0.15, 0.2) is 0 Å². The van der Waals surface area contributed by atoms with Crippen LogP contribution in [-0.2, 0) is 4.79 Å². The van der Waals surface area contributed by atoms with Gasteiger partial charge in [-0.2, -0.15) is 5.26 Å². The molecule has 0 aliphatic heterocycles. The Kier molecular flexibility index (Phi) is 4.93. The number of hydrogen-bond acceptors (Lipinski definition) is 3. The third-order valence-electron chi connectivity index (χ3n) is 4.33. The Morgan fingerprint density at radius 1 is 1.17 bits per heavy atom. The maximum atomic E-state index is 12.5. The maximum Gasteiger partial charge on any atom is 0.241 e. The highest BCUT2D eigenvalue weighted by Crippen LogP contribution is 2.41. The second-order valence-electron chi connectivity index (χ2n) is 6.30. The van der Waals surface area contributed by atoms with Gasteiger partial charge >= 0.3 is 0 Å². The van der Waals surface area contributed by atoms with Crippen molar-refractivity contribution in [2.45, 2.75) is 31.8 Å². The van der Waals surface area contributed by atoms with Crippen LogP contribution in [0.1, 0.15) is 36.9 Å². The Bertz CT molecular complexity index is 747. The molecule has 4 heteroatoms. The zero-order valence-corrected chi connectivity index (χ0v) is 13.7. The SMILES string of the molecule is C[C@H](N[C@@H](c1ccccc1)C1CC1)C(=O)Nc1cccc(C#N)c1. The van der Waals surface area contributed by atoms with Crippen molar-refractivity contribution in [3.05, 3.63) is 65.7 Å². The lowest BCUT2D eigenvalue weighted by atomic mass is 10.0. The fraction of sp³-hybridized carbons (Fsp3) is 0.300. The standard InChI is InChI=1S/C20H21N3O/c1-14(20(24)23-18-9-5-6-15(12-18)13-21)22-19(17-10-11-17)16-7-3-2-4-8-16/h2-9,12,14,17,19,22H,10-11H2,1H3,(H,23,24)/t14-,19-/m0/s1. The minimum Gasteiger partial charge on any atom is -0.325 e. The Balaban J connectivity index is 1.65. The summed E-state index contributed by atoms with van der Waals surface area (Å²) in [6, 6.07) is 19.2. The normalized spacial score (nSPS) is 16.0. The van der Waals surface area contributed by atoms with E-state index in [1.54, 1.807) is 24.3 Å². The number of carbonyl (C=O) groups excluding carboxylic acids is 1. The van der Waals surface area contributed by atoms with Gasteiger partial charge < -0.3 is 5.32 Å². The van der Waals surface area contributed by atoms with Crippen molar-refractivity contribution in [3.8, 4) is 6.07 Å². The molecule has 0 heterocycles. The van der Waals surface area contributed by atoms with Gasteiger partial charge in [0, 0.05) is 11.7 Å². The lowest BCUT2D eigenvalue weighted by Gasteiger charge is -2.23. The van der Waals surface area contributed by atoms with E-state index in [2.05, 4.69) is 28.8 Å². The van der Waals surface area contributed by atoms with E-state index in [0.29, 0.717) is 17.2 Å². The average molecular weight is 319 g/mol. The molecule has 0 unspecified atom stereocenters. The number of nitrogens with one attached hydrogen (secondary N) is 2. The summed E-state index contributed by atoms with van der Waals surface area (Å²) in [7, 11) is 0. The zero-order valence-electron chi connectivity index (χ0n) is 13.7. The molecule has 4 nitrogen and oxygen atoms in total. The molecule has 0 spiro atoms. The van der Waals surface area contributed by atoms with Gasteiger partial charge in [-0.15, -0.1) is 0 Å². The monoisotopic (exact) mass is 319 g/mol. The van der Waals surface area contributed by atoms with Gasteiger partial charge in [-0.3, -0.25) is 10.1 Å². The van der Waals surface area contributed by atoms with Crippen molar-refractivity contribution < 1.29 is 4.79 Å². The summed E-state index contributed by atoms with van der Waals surface area (Å²) < 4.78 is 0. The molecule has 2 aromatic rings. The van der Waals surface area contributed by atoms with Crippen LogP contribution in [-0.4, -0.2) is 11.9 Å². The first-order valence-corrected chi connectivity index (χ1v) is 8.29. The first-order valence-electron chi connectivity index (χ1n) is 8.29. The molecule has 24 heavy (non-hydrogen) atoms. The van der Waals surface area contributed by atoms with Gasteiger partial charge in [0.1, 0.15) is 0 Å². The molecule has 0 bridgehead atoms. The molecule has 2 atom stereocenters. The second kappa shape index (κ2) is 7.29. The summed E-state index contributed by atoms with van der Waals surface area (Å²) in [6.45, 7) is 1.88. The lowest BCUT2D eigenvalue weighted by molar-refractivity contribution is -0.118. The lowest BCUT2D eigenvalue weighted by Crippen LogP contribution is -2.40. The van der Waals surface area contributed by atoms with Crippen LogP contribution in [0.4, 0.5) is 5.69 Å². The summed E-state index contributed by atoms with van der Waals surface area (Å²) in [4.78, 5) is 12.5. The van der Waals surface area contributed by atoms with Crippen molar-refractivity contribution in [1.29, 1.82) is 5.26 Å². The van der Waals surface area contributed by atoms with Crippen LogP contribution >= 0.6 is 0 Å². The third-order valence-corrected chi connectivity index (χ3v) is 4.33. The zero-order chi connectivity index (χ0) is 16.9. The minimum absolute atomic E-state index is 0.0910. The Morgan fingerprint density at radius 2 is 1.92 bits per heavy atom. The molecule has 2 aromatic carbocycles. The topological polar surface area (TPSA) is 64.9 Å². The molecule has 1 amide bonds. The van der Waals surface area contributed by atoms with Crippen molar-refractivity contribution in [2.75, 3.05) is 5.32 Å². The van der Waals surface area contributed by atoms with E-state index >= 15 is 0 Å². The molecular formula is C20H21N3O. The molecule has 3 rings (SSSR count). The highest BCUT2D eigenvalue weighted by atomic mass is 16.2. The summed E-state index contributed by atoms with van der Waals surface area (Å²) >= 11 is 0. The number of benzene rings is 2. The van der Waals surface area contributed by atoms with E-state index in [9.17, 15) is 4.79 Å². The molecule has 1 aliphatic rings. The maximum absolute atomic E-state index is 12.5. The molecule has 0 aromatic heterocycles. The molecule has 122 valence electrons. The number of nitrogens with zero attached hydrogens (tertiary/aromatic N) is 1. The first kappa shape index (κ1) is 16.2. The van der Waals surface area contributed by atoms with Crippen LogP contribution in [0, 0.1) is 17.2 Å². The molecular weight excluding hydrogens is 298 g/mol. The largest absolute Gasteiger partial charge is 0.325 e. The van der Waals surface area contributed by atoms with E-state index in [0.717, 1.165) is 0 Å². The fourth-order valence-electron chi connectivity index (χ4n) is 2.86. The number of carbonyl (C=O) groups is 1. The van der Waals surface area contributed by atoms with E-state index in [4.69, 9.17) is 5.26 Å². The van der Waals surface area contributed by atoms with Crippen LogP contribution in [0.5, 0.6) is 0 Å². The van der Waals surface area contributed by atoms with E-state index in [1.807, 2.05) is 25.1 Å². The van der Waals surface area contributed by atoms with Crippen LogP contribution in [0.15, 0.2) is 54.6 Å². The van der Waals surface area contributed by atoms with Crippen LogP contribution in [0.3, 0.4) is 0 Å². The van der Waals surface area contributed by atoms with Crippen LogP contribution in [0.25, 0.3) is 0 Å². The average Bonchev–Trinajstić information content (AvgIpc) is 3.45. The van der Waals surface area contributed by atoms with Gasteiger partial charge in [-0.05, 0) is 49.4 Å². The molecule has 1 aliphatic carbocycles. The van der Waals surface area contributed by atoms with Crippen LogP contribution < -0.4 is 10.6 Å². The number of nitriles is 1. The second-order valence-corrected chi connectivity index (χ2v) is 6.30. The Labute approximate surface area is 142 Å². The summed E-state index contributed by atoms with van der Waals surface area (Å²) in [5, 5.41) is 15.3. The van der Waals surface area contributed by atoms with Crippen molar-refractivity contribution >= 4 is 11.6 Å². The molecule has 2 N–H and O–H groups in total. The number of rotatable bonds is 6.